The van der Waals surface area contributed by atoms with E-state index in [9.17, 15) is 0 Å². The van der Waals surface area contributed by atoms with Crippen molar-refractivity contribution in [1.29, 1.82) is 0 Å². The average molecular weight is 215 g/mol. The zero-order valence-electron chi connectivity index (χ0n) is 10.3. The maximum absolute atomic E-state index is 5.47. The van der Waals surface area contributed by atoms with Crippen molar-refractivity contribution in [3.8, 4) is 0 Å². The van der Waals surface area contributed by atoms with Crippen molar-refractivity contribution in [2.45, 2.75) is 39.2 Å². The molecule has 0 spiro atoms. The summed E-state index contributed by atoms with van der Waals surface area (Å²) in [5, 5.41) is 3.47. The first-order valence-corrected chi connectivity index (χ1v) is 6.00. The quantitative estimate of drug-likeness (QED) is 0.595. The number of nitrogens with one attached hydrogen (secondary N) is 1. The van der Waals surface area contributed by atoms with Gasteiger partial charge in [0, 0.05) is 26.8 Å². The Morgan fingerprint density at radius 3 is 2.53 bits per heavy atom. The Labute approximate surface area is 93.5 Å². The minimum Gasteiger partial charge on any atom is -0.385 e. The summed E-state index contributed by atoms with van der Waals surface area (Å²) in [6.07, 6.45) is 4.25. The molecule has 0 bridgehead atoms. The Hall–Kier alpha value is -0.120. The summed E-state index contributed by atoms with van der Waals surface area (Å²) in [6.45, 7) is 7.94. The third-order valence-electron chi connectivity index (χ3n) is 3.02. The third-order valence-corrected chi connectivity index (χ3v) is 3.02. The van der Waals surface area contributed by atoms with Crippen molar-refractivity contribution < 1.29 is 9.47 Å². The van der Waals surface area contributed by atoms with Gasteiger partial charge in [-0.2, -0.15) is 0 Å². The van der Waals surface area contributed by atoms with Gasteiger partial charge >= 0.3 is 0 Å². The van der Waals surface area contributed by atoms with Crippen LogP contribution < -0.4 is 5.32 Å². The second-order valence-electron chi connectivity index (χ2n) is 4.84. The first-order chi connectivity index (χ1) is 7.18. The molecule has 1 saturated carbocycles. The van der Waals surface area contributed by atoms with Crippen LogP contribution in [-0.4, -0.2) is 39.5 Å². The largest absolute Gasteiger partial charge is 0.385 e. The number of ether oxygens (including phenoxy) is 2. The lowest BCUT2D eigenvalue weighted by Gasteiger charge is -2.15. The zero-order chi connectivity index (χ0) is 11.1. The molecule has 0 amide bonds. The van der Waals surface area contributed by atoms with Gasteiger partial charge in [0.15, 0.2) is 0 Å². The number of methoxy groups -OCH3 is 1. The summed E-state index contributed by atoms with van der Waals surface area (Å²) in [7, 11) is 1.78. The van der Waals surface area contributed by atoms with Gasteiger partial charge in [-0.25, -0.2) is 0 Å². The van der Waals surface area contributed by atoms with Crippen molar-refractivity contribution in [3.05, 3.63) is 0 Å². The van der Waals surface area contributed by atoms with Gasteiger partial charge in [0.2, 0.25) is 0 Å². The molecule has 90 valence electrons. The van der Waals surface area contributed by atoms with Crippen molar-refractivity contribution in [2.75, 3.05) is 33.4 Å². The molecule has 0 aliphatic heterocycles. The summed E-state index contributed by atoms with van der Waals surface area (Å²) >= 11 is 0. The Balaban J connectivity index is 1.95. The third kappa shape index (κ3) is 5.50. The van der Waals surface area contributed by atoms with Crippen molar-refractivity contribution in [2.24, 2.45) is 5.41 Å². The minimum atomic E-state index is 0.343. The van der Waals surface area contributed by atoms with E-state index in [1.54, 1.807) is 7.11 Å². The Bertz CT molecular complexity index is 167. The highest BCUT2D eigenvalue weighted by Crippen LogP contribution is 2.48. The molecule has 1 aliphatic carbocycles. The molecule has 1 fully saturated rings. The van der Waals surface area contributed by atoms with Crippen LogP contribution in [0.25, 0.3) is 0 Å². The number of rotatable bonds is 9. The Kier molecular flexibility index (Phi) is 5.58. The van der Waals surface area contributed by atoms with Crippen molar-refractivity contribution in [3.63, 3.8) is 0 Å². The molecule has 3 heteroatoms. The molecule has 0 unspecified atom stereocenters. The molecule has 1 rings (SSSR count). The molecule has 15 heavy (non-hydrogen) atoms. The van der Waals surface area contributed by atoms with Gasteiger partial charge in [0.1, 0.15) is 0 Å². The van der Waals surface area contributed by atoms with Gasteiger partial charge in [0.05, 0.1) is 12.7 Å². The standard InChI is InChI=1S/C12H25NO2/c1-11(2)15-9-7-13-10-12(4-5-12)6-8-14-3/h11,13H,4-10H2,1-3H3. The highest BCUT2D eigenvalue weighted by molar-refractivity contribution is 4.94. The fraction of sp³-hybridized carbons (Fsp3) is 1.00. The minimum absolute atomic E-state index is 0.343. The van der Waals surface area contributed by atoms with E-state index in [1.807, 2.05) is 0 Å². The van der Waals surface area contributed by atoms with Gasteiger partial charge in [-0.1, -0.05) is 0 Å². The van der Waals surface area contributed by atoms with Crippen molar-refractivity contribution in [1.82, 2.24) is 5.32 Å². The van der Waals surface area contributed by atoms with E-state index in [0.29, 0.717) is 11.5 Å². The summed E-state index contributed by atoms with van der Waals surface area (Å²) in [4.78, 5) is 0. The van der Waals surface area contributed by atoms with Gasteiger partial charge in [-0.05, 0) is 38.5 Å². The summed E-state index contributed by atoms with van der Waals surface area (Å²) < 4.78 is 10.6. The van der Waals surface area contributed by atoms with Crippen LogP contribution in [0.4, 0.5) is 0 Å². The molecule has 0 aromatic heterocycles. The lowest BCUT2D eigenvalue weighted by Crippen LogP contribution is -2.28. The van der Waals surface area contributed by atoms with Crippen molar-refractivity contribution >= 4 is 0 Å². The monoisotopic (exact) mass is 215 g/mol. The van der Waals surface area contributed by atoms with Crippen LogP contribution in [0.1, 0.15) is 33.1 Å². The molecule has 0 radical (unpaired) electrons. The number of hydrogen-bond donors (Lipinski definition) is 1. The summed E-state index contributed by atoms with van der Waals surface area (Å²) in [6, 6.07) is 0. The average Bonchev–Trinajstić information content (AvgIpc) is 2.95. The first-order valence-electron chi connectivity index (χ1n) is 6.00. The maximum atomic E-state index is 5.47. The molecule has 1 N–H and O–H groups in total. The summed E-state index contributed by atoms with van der Waals surface area (Å²) in [5.41, 5.74) is 0.549. The molecule has 0 heterocycles. The maximum Gasteiger partial charge on any atom is 0.0594 e. The molecule has 0 aromatic carbocycles. The molecular weight excluding hydrogens is 190 g/mol. The van der Waals surface area contributed by atoms with Crippen LogP contribution in [0.5, 0.6) is 0 Å². The van der Waals surface area contributed by atoms with Crippen LogP contribution in [0.2, 0.25) is 0 Å². The predicted molar refractivity (Wildman–Crippen MR) is 62.1 cm³/mol. The molecule has 0 atom stereocenters. The van der Waals surface area contributed by atoms with E-state index in [0.717, 1.165) is 26.3 Å². The molecule has 1 aliphatic rings. The predicted octanol–water partition coefficient (Wildman–Crippen LogP) is 1.82. The van der Waals surface area contributed by atoms with Gasteiger partial charge in [-0.3, -0.25) is 0 Å². The molecule has 0 aromatic rings. The van der Waals surface area contributed by atoms with Gasteiger partial charge in [-0.15, -0.1) is 0 Å². The highest BCUT2D eigenvalue weighted by Gasteiger charge is 2.41. The lowest BCUT2D eigenvalue weighted by molar-refractivity contribution is 0.0797. The molecule has 3 nitrogen and oxygen atoms in total. The first kappa shape index (κ1) is 12.9. The normalized spacial score (nSPS) is 18.4. The summed E-state index contributed by atoms with van der Waals surface area (Å²) in [5.74, 6) is 0. The van der Waals surface area contributed by atoms with E-state index in [4.69, 9.17) is 9.47 Å². The molecule has 0 saturated heterocycles. The van der Waals surface area contributed by atoms with Gasteiger partial charge in [0.25, 0.3) is 0 Å². The van der Waals surface area contributed by atoms with Crippen LogP contribution in [-0.2, 0) is 9.47 Å². The number of hydrogen-bond acceptors (Lipinski definition) is 3. The Morgan fingerprint density at radius 1 is 1.27 bits per heavy atom. The van der Waals surface area contributed by atoms with E-state index in [1.165, 1.54) is 19.3 Å². The zero-order valence-corrected chi connectivity index (χ0v) is 10.3. The topological polar surface area (TPSA) is 30.5 Å². The Morgan fingerprint density at radius 2 is 2.00 bits per heavy atom. The molecular formula is C12H25NO2. The highest BCUT2D eigenvalue weighted by atomic mass is 16.5. The van der Waals surface area contributed by atoms with Gasteiger partial charge < -0.3 is 14.8 Å². The van der Waals surface area contributed by atoms with E-state index < -0.39 is 0 Å². The van der Waals surface area contributed by atoms with Crippen LogP contribution in [0, 0.1) is 5.41 Å². The second kappa shape index (κ2) is 6.46. The van der Waals surface area contributed by atoms with Crippen LogP contribution >= 0.6 is 0 Å². The lowest BCUT2D eigenvalue weighted by atomic mass is 10.0. The SMILES string of the molecule is COCCC1(CNCCOC(C)C)CC1. The van der Waals surface area contributed by atoms with E-state index in [-0.39, 0.29) is 0 Å². The fourth-order valence-corrected chi connectivity index (χ4v) is 1.73. The smallest absolute Gasteiger partial charge is 0.0594 e. The second-order valence-corrected chi connectivity index (χ2v) is 4.84. The van der Waals surface area contributed by atoms with E-state index >= 15 is 0 Å². The van der Waals surface area contributed by atoms with Crippen LogP contribution in [0.3, 0.4) is 0 Å². The van der Waals surface area contributed by atoms with E-state index in [2.05, 4.69) is 19.2 Å². The van der Waals surface area contributed by atoms with Crippen LogP contribution in [0.15, 0.2) is 0 Å². The fourth-order valence-electron chi connectivity index (χ4n) is 1.73.